The van der Waals surface area contributed by atoms with E-state index in [0.29, 0.717) is 0 Å². The predicted octanol–water partition coefficient (Wildman–Crippen LogP) is -5.65. The van der Waals surface area contributed by atoms with Crippen LogP contribution in [0.5, 0.6) is 0 Å². The second kappa shape index (κ2) is 17.0. The molecule has 0 spiro atoms. The van der Waals surface area contributed by atoms with E-state index in [0.717, 1.165) is 0 Å². The fourth-order valence-electron chi connectivity index (χ4n) is 4.42. The van der Waals surface area contributed by atoms with Gasteiger partial charge in [-0.2, -0.15) is 0 Å². The highest BCUT2D eigenvalue weighted by Crippen LogP contribution is 2.26. The molecule has 0 amide bonds. The minimum absolute atomic E-state index is 0.0680. The Labute approximate surface area is 238 Å². The second-order valence-electron chi connectivity index (χ2n) is 10.6. The molecular weight excluding hydrogens is 554 g/mol. The molecule has 0 saturated carbocycles. The molecule has 17 nitrogen and oxygen atoms in total. The number of nitrogens with two attached hydrogens (primary N) is 3. The Kier molecular flexibility index (Phi) is 15.1. The van der Waals surface area contributed by atoms with Crippen molar-refractivity contribution in [3.05, 3.63) is 0 Å². The Morgan fingerprint density at radius 3 is 2.15 bits per heavy atom. The lowest BCUT2D eigenvalue weighted by molar-refractivity contribution is -0.306. The molecule has 2 fully saturated rings. The van der Waals surface area contributed by atoms with Gasteiger partial charge in [0.2, 0.25) is 0 Å². The molecular formula is C24H49N3O14. The molecule has 41 heavy (non-hydrogen) atoms. The Hall–Kier alpha value is -0.680. The van der Waals surface area contributed by atoms with Gasteiger partial charge in [-0.15, -0.1) is 0 Å². The standard InChI is InChI=1S/C24H49N3O14/c1-9-17(31)14(30)8-37-22(9)39-11(3)18(32)24(36-5-4-28)41-21(35)13(26)6-12(25)10(2)38-23-16(27)20(34)19(33)15(7-29)40-23/h9-24,28-35H,4-8,25-27H2,1-3H3/t9?,10-,11-,12?,13?,14+,15?,16?,17?,18?,19?,20?,21-,22+,23?,24?/m0/s1. The van der Waals surface area contributed by atoms with Gasteiger partial charge in [0.05, 0.1) is 56.8 Å². The number of aliphatic hydroxyl groups is 8. The maximum atomic E-state index is 10.8. The van der Waals surface area contributed by atoms with Gasteiger partial charge in [-0.05, 0) is 20.3 Å². The molecule has 16 atom stereocenters. The summed E-state index contributed by atoms with van der Waals surface area (Å²) in [5, 5.41) is 79.8. The Bertz CT molecular complexity index is 744. The lowest BCUT2D eigenvalue weighted by atomic mass is 9.97. The first kappa shape index (κ1) is 36.5. The van der Waals surface area contributed by atoms with E-state index in [2.05, 4.69) is 0 Å². The van der Waals surface area contributed by atoms with Gasteiger partial charge in [0.15, 0.2) is 25.2 Å². The summed E-state index contributed by atoms with van der Waals surface area (Å²) in [6, 6.07) is -3.06. The summed E-state index contributed by atoms with van der Waals surface area (Å²) in [6.45, 7) is 3.25. The van der Waals surface area contributed by atoms with Gasteiger partial charge in [-0.3, -0.25) is 0 Å². The predicted molar refractivity (Wildman–Crippen MR) is 138 cm³/mol. The van der Waals surface area contributed by atoms with E-state index in [1.807, 2.05) is 0 Å². The molecule has 11 unspecified atom stereocenters. The van der Waals surface area contributed by atoms with Crippen LogP contribution in [0.4, 0.5) is 0 Å². The van der Waals surface area contributed by atoms with Gasteiger partial charge in [-0.25, -0.2) is 0 Å². The summed E-state index contributed by atoms with van der Waals surface area (Å²) in [4.78, 5) is 0. The van der Waals surface area contributed by atoms with Crippen LogP contribution >= 0.6 is 0 Å². The Morgan fingerprint density at radius 2 is 1.54 bits per heavy atom. The molecule has 0 aromatic carbocycles. The molecule has 2 aliphatic heterocycles. The molecule has 17 heteroatoms. The SMILES string of the molecule is CC1C(O)[C@H](O)CO[C@@H]1O[C@@H](C)C(O)C(OCCO)O[C@H](O)C(N)CC(N)[C@H](C)OC1OC(CO)C(O)C(O)C1N. The van der Waals surface area contributed by atoms with Crippen molar-refractivity contribution in [3.63, 3.8) is 0 Å². The smallest absolute Gasteiger partial charge is 0.189 e. The fraction of sp³-hybridized carbons (Fsp3) is 1.00. The lowest BCUT2D eigenvalue weighted by Gasteiger charge is -2.42. The van der Waals surface area contributed by atoms with E-state index in [9.17, 15) is 40.9 Å². The third kappa shape index (κ3) is 9.91. The van der Waals surface area contributed by atoms with Crippen LogP contribution < -0.4 is 17.2 Å². The number of hydrogen-bond acceptors (Lipinski definition) is 17. The first-order chi connectivity index (χ1) is 19.2. The summed E-state index contributed by atoms with van der Waals surface area (Å²) in [5.74, 6) is -0.618. The lowest BCUT2D eigenvalue weighted by Crippen LogP contribution is -2.63. The number of rotatable bonds is 16. The average Bonchev–Trinajstić information content (AvgIpc) is 2.94. The molecule has 0 bridgehead atoms. The summed E-state index contributed by atoms with van der Waals surface area (Å²) in [6.07, 6.45) is -14.8. The third-order valence-corrected chi connectivity index (χ3v) is 7.34. The van der Waals surface area contributed by atoms with Crippen molar-refractivity contribution >= 4 is 0 Å². The van der Waals surface area contributed by atoms with Crippen molar-refractivity contribution in [2.45, 2.75) is 119 Å². The Balaban J connectivity index is 1.94. The zero-order valence-corrected chi connectivity index (χ0v) is 23.5. The number of hydrogen-bond donors (Lipinski definition) is 11. The van der Waals surface area contributed by atoms with Crippen molar-refractivity contribution in [1.29, 1.82) is 0 Å². The molecule has 0 aromatic rings. The molecule has 2 saturated heterocycles. The molecule has 2 aliphatic rings. The minimum Gasteiger partial charge on any atom is -0.394 e. The van der Waals surface area contributed by atoms with Crippen LogP contribution in [0.15, 0.2) is 0 Å². The van der Waals surface area contributed by atoms with Gasteiger partial charge < -0.3 is 86.5 Å². The highest BCUT2D eigenvalue weighted by molar-refractivity contribution is 4.92. The summed E-state index contributed by atoms with van der Waals surface area (Å²) in [7, 11) is 0. The maximum absolute atomic E-state index is 10.8. The van der Waals surface area contributed by atoms with Crippen LogP contribution in [0.2, 0.25) is 0 Å². The van der Waals surface area contributed by atoms with Crippen molar-refractivity contribution in [1.82, 2.24) is 0 Å². The van der Waals surface area contributed by atoms with Gasteiger partial charge in [0.25, 0.3) is 0 Å². The van der Waals surface area contributed by atoms with Crippen molar-refractivity contribution in [2.75, 3.05) is 26.4 Å². The molecule has 244 valence electrons. The quantitative estimate of drug-likeness (QED) is 0.0732. The van der Waals surface area contributed by atoms with Crippen LogP contribution in [0, 0.1) is 5.92 Å². The molecule has 0 aromatic heterocycles. The normalized spacial score (nSPS) is 38.0. The van der Waals surface area contributed by atoms with E-state index in [1.54, 1.807) is 13.8 Å². The van der Waals surface area contributed by atoms with Crippen LogP contribution in [0.3, 0.4) is 0 Å². The van der Waals surface area contributed by atoms with Crippen LogP contribution in [-0.2, 0) is 28.4 Å². The highest BCUT2D eigenvalue weighted by atomic mass is 16.7. The molecule has 2 heterocycles. The number of aliphatic hydroxyl groups excluding tert-OH is 8. The number of ether oxygens (including phenoxy) is 6. The van der Waals surface area contributed by atoms with Crippen LogP contribution in [0.1, 0.15) is 27.2 Å². The summed E-state index contributed by atoms with van der Waals surface area (Å²) < 4.78 is 33.1. The summed E-state index contributed by atoms with van der Waals surface area (Å²) in [5.41, 5.74) is 18.2. The third-order valence-electron chi connectivity index (χ3n) is 7.34. The first-order valence-corrected chi connectivity index (χ1v) is 13.6. The van der Waals surface area contributed by atoms with Gasteiger partial charge in [-0.1, -0.05) is 6.92 Å². The van der Waals surface area contributed by atoms with E-state index < -0.39 is 111 Å². The maximum Gasteiger partial charge on any atom is 0.189 e. The summed E-state index contributed by atoms with van der Waals surface area (Å²) >= 11 is 0. The van der Waals surface area contributed by atoms with E-state index in [4.69, 9.17) is 45.6 Å². The van der Waals surface area contributed by atoms with Crippen LogP contribution in [-0.4, -0.2) is 159 Å². The van der Waals surface area contributed by atoms with E-state index in [1.165, 1.54) is 6.92 Å². The van der Waals surface area contributed by atoms with Crippen molar-refractivity contribution < 1.29 is 69.3 Å². The first-order valence-electron chi connectivity index (χ1n) is 13.6. The van der Waals surface area contributed by atoms with Crippen molar-refractivity contribution in [2.24, 2.45) is 23.1 Å². The zero-order chi connectivity index (χ0) is 31.0. The minimum atomic E-state index is -1.70. The molecule has 0 aliphatic carbocycles. The molecule has 2 rings (SSSR count). The van der Waals surface area contributed by atoms with E-state index >= 15 is 0 Å². The highest BCUT2D eigenvalue weighted by Gasteiger charge is 2.44. The van der Waals surface area contributed by atoms with Gasteiger partial charge >= 0.3 is 0 Å². The largest absolute Gasteiger partial charge is 0.394 e. The second-order valence-corrected chi connectivity index (χ2v) is 10.6. The van der Waals surface area contributed by atoms with E-state index in [-0.39, 0.29) is 19.6 Å². The molecule has 0 radical (unpaired) electrons. The van der Waals surface area contributed by atoms with Gasteiger partial charge in [0.1, 0.15) is 30.5 Å². The zero-order valence-electron chi connectivity index (χ0n) is 23.5. The fourth-order valence-corrected chi connectivity index (χ4v) is 4.42. The topological polar surface area (TPSA) is 295 Å². The molecule has 14 N–H and O–H groups in total. The van der Waals surface area contributed by atoms with Crippen LogP contribution in [0.25, 0.3) is 0 Å². The van der Waals surface area contributed by atoms with Gasteiger partial charge in [0, 0.05) is 12.0 Å². The Morgan fingerprint density at radius 1 is 0.902 bits per heavy atom. The monoisotopic (exact) mass is 603 g/mol. The van der Waals surface area contributed by atoms with Crippen molar-refractivity contribution in [3.8, 4) is 0 Å². The average molecular weight is 604 g/mol.